The van der Waals surface area contributed by atoms with Gasteiger partial charge in [-0.3, -0.25) is 4.79 Å². The van der Waals surface area contributed by atoms with Gasteiger partial charge >= 0.3 is 0 Å². The molecule has 0 spiro atoms. The van der Waals surface area contributed by atoms with Crippen LogP contribution in [-0.4, -0.2) is 6.61 Å². The quantitative estimate of drug-likeness (QED) is 0.733. The van der Waals surface area contributed by atoms with Crippen LogP contribution >= 0.6 is 0 Å². The number of para-hydroxylation sites is 1. The predicted octanol–water partition coefficient (Wildman–Crippen LogP) is 3.80. The lowest BCUT2D eigenvalue weighted by Gasteiger charge is -2.09. The van der Waals surface area contributed by atoms with Gasteiger partial charge in [-0.15, -0.1) is 0 Å². The van der Waals surface area contributed by atoms with Crippen molar-refractivity contribution >= 4 is 11.0 Å². The summed E-state index contributed by atoms with van der Waals surface area (Å²) in [5.74, 6) is 1.58. The molecule has 1 aromatic heterocycles. The minimum atomic E-state index is -0.251. The van der Waals surface area contributed by atoms with Crippen LogP contribution in [0.5, 0.6) is 17.2 Å². The van der Waals surface area contributed by atoms with Crippen LogP contribution < -0.4 is 14.9 Å². The van der Waals surface area contributed by atoms with Gasteiger partial charge in [0.15, 0.2) is 6.61 Å². The van der Waals surface area contributed by atoms with Gasteiger partial charge in [-0.2, -0.15) is 5.26 Å². The summed E-state index contributed by atoms with van der Waals surface area (Å²) in [5.41, 5.74) is 0.141. The molecule has 0 radical (unpaired) electrons. The number of hydrogen-bond donors (Lipinski definition) is 0. The summed E-state index contributed by atoms with van der Waals surface area (Å²) in [6.45, 7) is 1.60. The van der Waals surface area contributed by atoms with Crippen molar-refractivity contribution in [1.29, 1.82) is 5.26 Å². The van der Waals surface area contributed by atoms with Gasteiger partial charge in [-0.1, -0.05) is 18.2 Å². The summed E-state index contributed by atoms with van der Waals surface area (Å²) in [7, 11) is 0. The standard InChI is InChI=1S/C18H13NO4/c1-12-18(23-13-5-3-2-4-6-13)17(20)15-8-7-14(21-10-9-19)11-16(15)22-12/h2-8,11H,10H2,1H3. The Hall–Kier alpha value is -3.26. The lowest BCUT2D eigenvalue weighted by molar-refractivity contribution is 0.367. The first-order valence-electron chi connectivity index (χ1n) is 6.99. The second-order valence-corrected chi connectivity index (χ2v) is 4.84. The third kappa shape index (κ3) is 3.01. The smallest absolute Gasteiger partial charge is 0.235 e. The maximum Gasteiger partial charge on any atom is 0.235 e. The van der Waals surface area contributed by atoms with Gasteiger partial charge < -0.3 is 13.9 Å². The van der Waals surface area contributed by atoms with Gasteiger partial charge in [0.2, 0.25) is 11.2 Å². The van der Waals surface area contributed by atoms with Crippen molar-refractivity contribution in [3.63, 3.8) is 0 Å². The second kappa shape index (κ2) is 6.24. The zero-order chi connectivity index (χ0) is 16.2. The molecule has 3 rings (SSSR count). The fourth-order valence-electron chi connectivity index (χ4n) is 2.20. The van der Waals surface area contributed by atoms with Gasteiger partial charge in [0.25, 0.3) is 0 Å². The average molecular weight is 307 g/mol. The molecule has 3 aromatic rings. The van der Waals surface area contributed by atoms with E-state index in [1.165, 1.54) is 0 Å². The van der Waals surface area contributed by atoms with Crippen LogP contribution in [-0.2, 0) is 0 Å². The summed E-state index contributed by atoms with van der Waals surface area (Å²) in [4.78, 5) is 12.6. The van der Waals surface area contributed by atoms with E-state index in [4.69, 9.17) is 19.2 Å². The van der Waals surface area contributed by atoms with Crippen molar-refractivity contribution < 1.29 is 13.9 Å². The second-order valence-electron chi connectivity index (χ2n) is 4.84. The van der Waals surface area contributed by atoms with E-state index in [1.807, 2.05) is 24.3 Å². The summed E-state index contributed by atoms with van der Waals surface area (Å²) >= 11 is 0. The minimum absolute atomic E-state index is 0.0656. The van der Waals surface area contributed by atoms with Gasteiger partial charge in [-0.25, -0.2) is 0 Å². The molecule has 0 fully saturated rings. The Morgan fingerprint density at radius 3 is 2.65 bits per heavy atom. The van der Waals surface area contributed by atoms with Crippen molar-refractivity contribution in [3.05, 3.63) is 64.5 Å². The summed E-state index contributed by atoms with van der Waals surface area (Å²) in [6, 6.07) is 15.8. The van der Waals surface area contributed by atoms with Crippen molar-refractivity contribution in [2.45, 2.75) is 6.92 Å². The van der Waals surface area contributed by atoms with Crippen LogP contribution in [0.2, 0.25) is 0 Å². The molecular weight excluding hydrogens is 294 g/mol. The summed E-state index contributed by atoms with van der Waals surface area (Å²) in [6.07, 6.45) is 0. The van der Waals surface area contributed by atoms with E-state index >= 15 is 0 Å². The Bertz CT molecular complexity index is 939. The Morgan fingerprint density at radius 1 is 1.13 bits per heavy atom. The lowest BCUT2D eigenvalue weighted by atomic mass is 10.2. The van der Waals surface area contributed by atoms with E-state index in [2.05, 4.69) is 0 Å². The van der Waals surface area contributed by atoms with Gasteiger partial charge in [0.1, 0.15) is 28.9 Å². The largest absolute Gasteiger partial charge is 0.479 e. The molecule has 0 bridgehead atoms. The summed E-state index contributed by atoms with van der Waals surface area (Å²) < 4.78 is 16.6. The van der Waals surface area contributed by atoms with Crippen LogP contribution in [0.1, 0.15) is 5.76 Å². The number of nitriles is 1. The zero-order valence-electron chi connectivity index (χ0n) is 12.4. The molecule has 0 saturated heterocycles. The van der Waals surface area contributed by atoms with Crippen LogP contribution in [0.15, 0.2) is 57.7 Å². The number of benzene rings is 2. The first-order valence-corrected chi connectivity index (χ1v) is 6.99. The van der Waals surface area contributed by atoms with Gasteiger partial charge in [-0.05, 0) is 31.2 Å². The van der Waals surface area contributed by atoms with Gasteiger partial charge in [0, 0.05) is 6.07 Å². The van der Waals surface area contributed by atoms with Crippen molar-refractivity contribution in [2.24, 2.45) is 0 Å². The molecule has 23 heavy (non-hydrogen) atoms. The Labute approximate surface area is 132 Å². The molecule has 0 unspecified atom stereocenters. The van der Waals surface area contributed by atoms with Crippen molar-refractivity contribution in [2.75, 3.05) is 6.61 Å². The molecular formula is C18H13NO4. The molecule has 0 saturated carbocycles. The Morgan fingerprint density at radius 2 is 1.91 bits per heavy atom. The van der Waals surface area contributed by atoms with Crippen LogP contribution in [0.4, 0.5) is 0 Å². The third-order valence-corrected chi connectivity index (χ3v) is 3.25. The molecule has 0 aliphatic carbocycles. The van der Waals surface area contributed by atoms with Crippen molar-refractivity contribution in [3.8, 4) is 23.3 Å². The predicted molar refractivity (Wildman–Crippen MR) is 84.8 cm³/mol. The third-order valence-electron chi connectivity index (χ3n) is 3.25. The molecule has 2 aromatic carbocycles. The monoisotopic (exact) mass is 307 g/mol. The molecule has 0 aliphatic heterocycles. The number of hydrogen-bond acceptors (Lipinski definition) is 5. The van der Waals surface area contributed by atoms with E-state index < -0.39 is 0 Å². The van der Waals surface area contributed by atoms with Gasteiger partial charge in [0.05, 0.1) is 5.39 Å². The maximum atomic E-state index is 12.6. The van der Waals surface area contributed by atoms with Crippen LogP contribution in [0, 0.1) is 18.3 Å². The highest BCUT2D eigenvalue weighted by Crippen LogP contribution is 2.27. The first kappa shape index (κ1) is 14.7. The highest BCUT2D eigenvalue weighted by atomic mass is 16.5. The van der Waals surface area contributed by atoms with E-state index in [9.17, 15) is 4.79 Å². The average Bonchev–Trinajstić information content (AvgIpc) is 2.57. The molecule has 0 aliphatic rings. The van der Waals surface area contributed by atoms with E-state index in [0.717, 1.165) is 0 Å². The molecule has 5 nitrogen and oxygen atoms in total. The van der Waals surface area contributed by atoms with Crippen LogP contribution in [0.25, 0.3) is 11.0 Å². The highest BCUT2D eigenvalue weighted by molar-refractivity contribution is 5.79. The molecule has 114 valence electrons. The fraction of sp³-hybridized carbons (Fsp3) is 0.111. The Balaban J connectivity index is 2.04. The fourth-order valence-corrected chi connectivity index (χ4v) is 2.20. The van der Waals surface area contributed by atoms with Crippen LogP contribution in [0.3, 0.4) is 0 Å². The van der Waals surface area contributed by atoms with Crippen molar-refractivity contribution in [1.82, 2.24) is 0 Å². The zero-order valence-corrected chi connectivity index (χ0v) is 12.4. The minimum Gasteiger partial charge on any atom is -0.479 e. The SMILES string of the molecule is Cc1oc2cc(OCC#N)ccc2c(=O)c1Oc1ccccc1. The number of aryl methyl sites for hydroxylation is 1. The van der Waals surface area contributed by atoms with E-state index in [-0.39, 0.29) is 17.8 Å². The topological polar surface area (TPSA) is 72.5 Å². The lowest BCUT2D eigenvalue weighted by Crippen LogP contribution is -2.07. The highest BCUT2D eigenvalue weighted by Gasteiger charge is 2.14. The molecule has 0 N–H and O–H groups in total. The number of fused-ring (bicyclic) bond motifs is 1. The Kier molecular flexibility index (Phi) is 3.98. The normalized spacial score (nSPS) is 10.3. The molecule has 0 atom stereocenters. The molecule has 1 heterocycles. The number of nitrogens with zero attached hydrogens (tertiary/aromatic N) is 1. The number of ether oxygens (including phenoxy) is 2. The summed E-state index contributed by atoms with van der Waals surface area (Å²) in [5, 5.41) is 8.93. The molecule has 5 heteroatoms. The van der Waals surface area contributed by atoms with E-state index in [0.29, 0.717) is 28.2 Å². The van der Waals surface area contributed by atoms with E-state index in [1.54, 1.807) is 37.3 Å². The maximum absolute atomic E-state index is 12.6. The molecule has 0 amide bonds. The first-order chi connectivity index (χ1) is 11.2. The number of rotatable bonds is 4.